The molecule has 1 aliphatic heterocycles. The van der Waals surface area contributed by atoms with Crippen LogP contribution in [-0.4, -0.2) is 39.6 Å². The van der Waals surface area contributed by atoms with Crippen molar-refractivity contribution in [2.24, 2.45) is 0 Å². The molecule has 1 aromatic carbocycles. The lowest BCUT2D eigenvalue weighted by atomic mass is 10.1. The molecule has 1 aromatic heterocycles. The van der Waals surface area contributed by atoms with Crippen molar-refractivity contribution in [3.05, 3.63) is 34.8 Å². The number of ether oxygens (including phenoxy) is 1. The van der Waals surface area contributed by atoms with Crippen molar-refractivity contribution in [1.29, 1.82) is 0 Å². The Labute approximate surface area is 146 Å². The molecule has 0 saturated carbocycles. The summed E-state index contributed by atoms with van der Waals surface area (Å²) in [4.78, 5) is 6.59. The van der Waals surface area contributed by atoms with Crippen LogP contribution in [0.4, 0.5) is 5.13 Å². The van der Waals surface area contributed by atoms with E-state index in [4.69, 9.17) is 4.74 Å². The van der Waals surface area contributed by atoms with Crippen LogP contribution in [0.25, 0.3) is 0 Å². The zero-order valence-electron chi connectivity index (χ0n) is 13.9. The second-order valence-electron chi connectivity index (χ2n) is 5.95. The number of sulfonamides is 1. The summed E-state index contributed by atoms with van der Waals surface area (Å²) in [6.07, 6.45) is 2.52. The Morgan fingerprint density at radius 3 is 2.75 bits per heavy atom. The van der Waals surface area contributed by atoms with E-state index in [9.17, 15) is 8.42 Å². The van der Waals surface area contributed by atoms with Crippen molar-refractivity contribution in [1.82, 2.24) is 9.71 Å². The summed E-state index contributed by atoms with van der Waals surface area (Å²) in [6, 6.07) is 3.30. The molecule has 1 fully saturated rings. The third-order valence-corrected chi connectivity index (χ3v) is 6.64. The van der Waals surface area contributed by atoms with Gasteiger partial charge in [-0.3, -0.25) is 0 Å². The fourth-order valence-electron chi connectivity index (χ4n) is 2.82. The maximum Gasteiger partial charge on any atom is 0.244 e. The molecule has 1 unspecified atom stereocenters. The fraction of sp³-hybridized carbons (Fsp3) is 0.438. The molecule has 130 valence electrons. The first-order chi connectivity index (χ1) is 11.4. The van der Waals surface area contributed by atoms with E-state index in [0.29, 0.717) is 12.3 Å². The number of thiazole rings is 1. The first-order valence-corrected chi connectivity index (χ1v) is 10.1. The standard InChI is InChI=1S/C16H21N3O3S2/c1-11-8-14(22-3)15(9-12(11)2)24(20,21)18-13-4-6-19(10-13)16-17-5-7-23-16/h5,7-9,13,18H,4,6,10H2,1-3H3. The lowest BCUT2D eigenvalue weighted by Gasteiger charge is -2.17. The maximum atomic E-state index is 12.8. The number of hydrogen-bond donors (Lipinski definition) is 1. The molecule has 6 nitrogen and oxygen atoms in total. The van der Waals surface area contributed by atoms with Gasteiger partial charge in [0.1, 0.15) is 10.6 Å². The van der Waals surface area contributed by atoms with E-state index in [1.54, 1.807) is 29.7 Å². The molecule has 24 heavy (non-hydrogen) atoms. The molecule has 1 N–H and O–H groups in total. The number of rotatable bonds is 5. The predicted molar refractivity (Wildman–Crippen MR) is 95.5 cm³/mol. The van der Waals surface area contributed by atoms with E-state index < -0.39 is 10.0 Å². The first kappa shape index (κ1) is 17.2. The van der Waals surface area contributed by atoms with E-state index in [1.807, 2.05) is 19.2 Å². The van der Waals surface area contributed by atoms with Gasteiger partial charge in [-0.2, -0.15) is 0 Å². The van der Waals surface area contributed by atoms with Crippen molar-refractivity contribution in [2.45, 2.75) is 31.2 Å². The molecule has 1 atom stereocenters. The summed E-state index contributed by atoms with van der Waals surface area (Å²) in [5, 5.41) is 2.85. The van der Waals surface area contributed by atoms with Crippen LogP contribution < -0.4 is 14.4 Å². The average Bonchev–Trinajstić information content (AvgIpc) is 3.20. The summed E-state index contributed by atoms with van der Waals surface area (Å²) in [5.41, 5.74) is 1.92. The molecule has 0 bridgehead atoms. The second kappa shape index (κ2) is 6.70. The number of anilines is 1. The highest BCUT2D eigenvalue weighted by molar-refractivity contribution is 7.89. The van der Waals surface area contributed by atoms with E-state index in [0.717, 1.165) is 29.2 Å². The van der Waals surface area contributed by atoms with Gasteiger partial charge in [0.2, 0.25) is 10.0 Å². The normalized spacial score (nSPS) is 18.1. The van der Waals surface area contributed by atoms with E-state index >= 15 is 0 Å². The quantitative estimate of drug-likeness (QED) is 0.878. The average molecular weight is 367 g/mol. The number of nitrogens with zero attached hydrogens (tertiary/aromatic N) is 2. The largest absolute Gasteiger partial charge is 0.495 e. The second-order valence-corrected chi connectivity index (χ2v) is 8.51. The summed E-state index contributed by atoms with van der Waals surface area (Å²) in [7, 11) is -2.15. The van der Waals surface area contributed by atoms with Gasteiger partial charge in [0, 0.05) is 30.7 Å². The third-order valence-electron chi connectivity index (χ3n) is 4.27. The minimum Gasteiger partial charge on any atom is -0.495 e. The summed E-state index contributed by atoms with van der Waals surface area (Å²) < 4.78 is 33.7. The summed E-state index contributed by atoms with van der Waals surface area (Å²) >= 11 is 1.56. The van der Waals surface area contributed by atoms with Crippen LogP contribution in [0.1, 0.15) is 17.5 Å². The van der Waals surface area contributed by atoms with Crippen molar-refractivity contribution >= 4 is 26.5 Å². The molecule has 3 rings (SSSR count). The van der Waals surface area contributed by atoms with Gasteiger partial charge in [0.15, 0.2) is 5.13 Å². The third kappa shape index (κ3) is 3.40. The number of benzene rings is 1. The Morgan fingerprint density at radius 2 is 2.08 bits per heavy atom. The Balaban J connectivity index is 1.79. The van der Waals surface area contributed by atoms with Gasteiger partial charge in [-0.05, 0) is 43.5 Å². The van der Waals surface area contributed by atoms with E-state index in [2.05, 4.69) is 14.6 Å². The monoisotopic (exact) mass is 367 g/mol. The Morgan fingerprint density at radius 1 is 1.33 bits per heavy atom. The lowest BCUT2D eigenvalue weighted by molar-refractivity contribution is 0.401. The SMILES string of the molecule is COc1cc(C)c(C)cc1S(=O)(=O)NC1CCN(c2nccs2)C1. The first-order valence-electron chi connectivity index (χ1n) is 7.72. The van der Waals surface area contributed by atoms with Crippen LogP contribution in [0.15, 0.2) is 28.6 Å². The molecular formula is C16H21N3O3S2. The zero-order chi connectivity index (χ0) is 17.3. The highest BCUT2D eigenvalue weighted by Crippen LogP contribution is 2.28. The predicted octanol–water partition coefficient (Wildman–Crippen LogP) is 2.33. The van der Waals surface area contributed by atoms with Crippen LogP contribution in [0.3, 0.4) is 0 Å². The highest BCUT2D eigenvalue weighted by atomic mass is 32.2. The molecule has 0 amide bonds. The van der Waals surface area contributed by atoms with Crippen molar-refractivity contribution in [2.75, 3.05) is 25.1 Å². The molecule has 1 saturated heterocycles. The molecule has 1 aliphatic rings. The van der Waals surface area contributed by atoms with Crippen LogP contribution in [0.2, 0.25) is 0 Å². The highest BCUT2D eigenvalue weighted by Gasteiger charge is 2.30. The van der Waals surface area contributed by atoms with Gasteiger partial charge in [-0.15, -0.1) is 11.3 Å². The minimum atomic E-state index is -3.64. The van der Waals surface area contributed by atoms with Crippen LogP contribution in [-0.2, 0) is 10.0 Å². The Bertz CT molecular complexity index is 819. The summed E-state index contributed by atoms with van der Waals surface area (Å²) in [6.45, 7) is 5.25. The maximum absolute atomic E-state index is 12.8. The number of nitrogens with one attached hydrogen (secondary N) is 1. The molecule has 2 heterocycles. The van der Waals surface area contributed by atoms with Crippen molar-refractivity contribution in [3.63, 3.8) is 0 Å². The molecule has 2 aromatic rings. The Kier molecular flexibility index (Phi) is 4.80. The van der Waals surface area contributed by atoms with Crippen molar-refractivity contribution in [3.8, 4) is 5.75 Å². The Hall–Kier alpha value is -1.64. The number of methoxy groups -OCH3 is 1. The molecule has 0 radical (unpaired) electrons. The van der Waals surface area contributed by atoms with Gasteiger partial charge in [0.25, 0.3) is 0 Å². The van der Waals surface area contributed by atoms with E-state index in [-0.39, 0.29) is 10.9 Å². The zero-order valence-corrected chi connectivity index (χ0v) is 15.6. The summed E-state index contributed by atoms with van der Waals surface area (Å²) in [5.74, 6) is 0.375. The van der Waals surface area contributed by atoms with Crippen LogP contribution in [0, 0.1) is 13.8 Å². The van der Waals surface area contributed by atoms with E-state index in [1.165, 1.54) is 7.11 Å². The number of aryl methyl sites for hydroxylation is 2. The fourth-order valence-corrected chi connectivity index (χ4v) is 5.00. The minimum absolute atomic E-state index is 0.134. The van der Waals surface area contributed by atoms with Gasteiger partial charge in [0.05, 0.1) is 7.11 Å². The number of hydrogen-bond acceptors (Lipinski definition) is 6. The van der Waals surface area contributed by atoms with Gasteiger partial charge in [-0.1, -0.05) is 0 Å². The lowest BCUT2D eigenvalue weighted by Crippen LogP contribution is -2.37. The molecule has 8 heteroatoms. The van der Waals surface area contributed by atoms with Crippen LogP contribution in [0.5, 0.6) is 5.75 Å². The van der Waals surface area contributed by atoms with Crippen LogP contribution >= 0.6 is 11.3 Å². The number of aromatic nitrogens is 1. The molecular weight excluding hydrogens is 346 g/mol. The van der Waals surface area contributed by atoms with Gasteiger partial charge in [-0.25, -0.2) is 18.1 Å². The molecule has 0 aliphatic carbocycles. The van der Waals surface area contributed by atoms with Crippen molar-refractivity contribution < 1.29 is 13.2 Å². The smallest absolute Gasteiger partial charge is 0.244 e. The van der Waals surface area contributed by atoms with Gasteiger partial charge >= 0.3 is 0 Å². The molecule has 0 spiro atoms. The van der Waals surface area contributed by atoms with Gasteiger partial charge < -0.3 is 9.64 Å². The topological polar surface area (TPSA) is 71.5 Å².